The first kappa shape index (κ1) is 14.0. The monoisotopic (exact) mass is 303 g/mol. The van der Waals surface area contributed by atoms with Crippen LogP contribution in [0.3, 0.4) is 0 Å². The van der Waals surface area contributed by atoms with Crippen molar-refractivity contribution in [1.29, 1.82) is 0 Å². The molecular weight excluding hydrogens is 292 g/mol. The van der Waals surface area contributed by atoms with E-state index < -0.39 is 23.1 Å². The molecule has 22 heavy (non-hydrogen) atoms. The number of amides is 1. The van der Waals surface area contributed by atoms with E-state index in [1.165, 1.54) is 16.8 Å². The molecule has 5 nitrogen and oxygen atoms in total. The highest BCUT2D eigenvalue weighted by Gasteiger charge is 2.14. The average molecular weight is 303 g/mol. The summed E-state index contributed by atoms with van der Waals surface area (Å²) in [6.45, 7) is 0.123. The molecule has 0 saturated heterocycles. The number of rotatable bonds is 3. The van der Waals surface area contributed by atoms with Crippen molar-refractivity contribution in [3.8, 4) is 0 Å². The van der Waals surface area contributed by atoms with Gasteiger partial charge in [-0.05, 0) is 29.8 Å². The maximum Gasteiger partial charge on any atom is 0.272 e. The van der Waals surface area contributed by atoms with Crippen molar-refractivity contribution in [3.63, 3.8) is 0 Å². The first-order valence-corrected chi connectivity index (χ1v) is 6.42. The zero-order valence-corrected chi connectivity index (χ0v) is 11.3. The highest BCUT2D eigenvalue weighted by atomic mass is 19.2. The summed E-state index contributed by atoms with van der Waals surface area (Å²) in [5, 5.41) is 2.75. The number of aromatic nitrogens is 2. The molecule has 0 unspecified atom stereocenters. The third kappa shape index (κ3) is 2.26. The van der Waals surface area contributed by atoms with Gasteiger partial charge in [-0.2, -0.15) is 0 Å². The molecule has 0 bridgehead atoms. The molecule has 0 radical (unpaired) electrons. The van der Waals surface area contributed by atoms with E-state index in [0.717, 1.165) is 12.1 Å². The summed E-state index contributed by atoms with van der Waals surface area (Å²) in [7, 11) is 0. The van der Waals surface area contributed by atoms with Crippen molar-refractivity contribution >= 4 is 16.8 Å². The minimum Gasteiger partial charge on any atom is -0.366 e. The minimum absolute atomic E-state index is 0.114. The van der Waals surface area contributed by atoms with Gasteiger partial charge in [-0.3, -0.25) is 19.4 Å². The van der Waals surface area contributed by atoms with Crippen LogP contribution in [0.2, 0.25) is 0 Å². The number of benzene rings is 2. The predicted octanol–water partition coefficient (Wildman–Crippen LogP) is 1.75. The van der Waals surface area contributed by atoms with Crippen LogP contribution in [0.5, 0.6) is 0 Å². The molecule has 0 aliphatic rings. The number of carbonyl (C=O) groups is 1. The van der Waals surface area contributed by atoms with E-state index in [4.69, 9.17) is 5.73 Å². The van der Waals surface area contributed by atoms with Crippen LogP contribution in [0.15, 0.2) is 41.2 Å². The topological polar surface area (TPSA) is 80.9 Å². The summed E-state index contributed by atoms with van der Waals surface area (Å²) in [4.78, 5) is 23.4. The average Bonchev–Trinajstić information content (AvgIpc) is 2.79. The maximum atomic E-state index is 13.3. The number of halogens is 2. The van der Waals surface area contributed by atoms with Gasteiger partial charge in [-0.15, -0.1) is 0 Å². The molecule has 0 atom stereocenters. The number of nitrogens with zero attached hydrogens (tertiary/aromatic N) is 1. The highest BCUT2D eigenvalue weighted by molar-refractivity contribution is 6.05. The van der Waals surface area contributed by atoms with E-state index in [0.29, 0.717) is 11.1 Å². The molecule has 1 aromatic heterocycles. The molecule has 0 spiro atoms. The number of carbonyl (C=O) groups excluding carboxylic acids is 1. The number of hydrogen-bond acceptors (Lipinski definition) is 2. The summed E-state index contributed by atoms with van der Waals surface area (Å²) in [5.74, 6) is -2.61. The Labute approximate surface area is 123 Å². The zero-order valence-electron chi connectivity index (χ0n) is 11.3. The number of fused-ring (bicyclic) bond motifs is 1. The third-order valence-electron chi connectivity index (χ3n) is 3.39. The van der Waals surface area contributed by atoms with Gasteiger partial charge in [-0.25, -0.2) is 8.78 Å². The standard InChI is InChI=1S/C15H11F2N3O2/c16-10-5-4-8(6-11(10)17)7-20-12-3-1-2-9(14(18)21)13(12)15(22)19-20/h1-6H,7H2,(H2,18,21)(H,19,22). The van der Waals surface area contributed by atoms with E-state index in [2.05, 4.69) is 5.10 Å². The Hall–Kier alpha value is -2.96. The SMILES string of the molecule is NC(=O)c1cccc2c1c(=O)[nH]n2Cc1ccc(F)c(F)c1. The molecule has 0 fully saturated rings. The molecule has 3 aromatic rings. The maximum absolute atomic E-state index is 13.3. The van der Waals surface area contributed by atoms with Gasteiger partial charge >= 0.3 is 0 Å². The molecule has 2 aromatic carbocycles. The lowest BCUT2D eigenvalue weighted by Gasteiger charge is -2.06. The van der Waals surface area contributed by atoms with Gasteiger partial charge in [0.25, 0.3) is 5.56 Å². The summed E-state index contributed by atoms with van der Waals surface area (Å²) in [6.07, 6.45) is 0. The third-order valence-corrected chi connectivity index (χ3v) is 3.39. The second-order valence-electron chi connectivity index (χ2n) is 4.84. The first-order valence-electron chi connectivity index (χ1n) is 6.42. The molecular formula is C15H11F2N3O2. The second-order valence-corrected chi connectivity index (χ2v) is 4.84. The predicted molar refractivity (Wildman–Crippen MR) is 76.5 cm³/mol. The van der Waals surface area contributed by atoms with Crippen molar-refractivity contribution in [3.05, 3.63) is 69.5 Å². The van der Waals surface area contributed by atoms with Gasteiger partial charge in [0, 0.05) is 0 Å². The van der Waals surface area contributed by atoms with Crippen molar-refractivity contribution in [2.75, 3.05) is 0 Å². The van der Waals surface area contributed by atoms with Crippen LogP contribution in [0.25, 0.3) is 10.9 Å². The van der Waals surface area contributed by atoms with Crippen LogP contribution >= 0.6 is 0 Å². The molecule has 0 saturated carbocycles. The summed E-state index contributed by atoms with van der Waals surface area (Å²) >= 11 is 0. The number of aromatic amines is 1. The van der Waals surface area contributed by atoms with E-state index in [9.17, 15) is 18.4 Å². The Kier molecular flexibility index (Phi) is 3.25. The molecule has 3 rings (SSSR count). The fourth-order valence-corrected chi connectivity index (χ4v) is 2.39. The normalized spacial score (nSPS) is 11.0. The van der Waals surface area contributed by atoms with Gasteiger partial charge < -0.3 is 5.73 Å². The van der Waals surface area contributed by atoms with Gasteiger partial charge in [0.05, 0.1) is 23.0 Å². The summed E-state index contributed by atoms with van der Waals surface area (Å²) in [6, 6.07) is 8.18. The summed E-state index contributed by atoms with van der Waals surface area (Å²) in [5.41, 5.74) is 5.84. The largest absolute Gasteiger partial charge is 0.366 e. The summed E-state index contributed by atoms with van der Waals surface area (Å²) < 4.78 is 27.7. The van der Waals surface area contributed by atoms with Crippen LogP contribution in [0.4, 0.5) is 8.78 Å². The number of nitrogens with one attached hydrogen (secondary N) is 1. The van der Waals surface area contributed by atoms with Crippen molar-refractivity contribution in [2.45, 2.75) is 6.54 Å². The van der Waals surface area contributed by atoms with Gasteiger partial charge in [-0.1, -0.05) is 12.1 Å². The second kappa shape index (κ2) is 5.10. The Morgan fingerprint density at radius 1 is 1.18 bits per heavy atom. The molecule has 1 heterocycles. The number of hydrogen-bond donors (Lipinski definition) is 2. The Morgan fingerprint density at radius 3 is 2.64 bits per heavy atom. The molecule has 7 heteroatoms. The molecule has 112 valence electrons. The van der Waals surface area contributed by atoms with Crippen LogP contribution in [0.1, 0.15) is 15.9 Å². The van der Waals surface area contributed by atoms with Gasteiger partial charge in [0.1, 0.15) is 0 Å². The molecule has 3 N–H and O–H groups in total. The van der Waals surface area contributed by atoms with Crippen LogP contribution in [-0.2, 0) is 6.54 Å². The molecule has 1 amide bonds. The molecule has 0 aliphatic heterocycles. The quantitative estimate of drug-likeness (QED) is 0.773. The first-order chi connectivity index (χ1) is 10.5. The van der Waals surface area contributed by atoms with Crippen LogP contribution in [-0.4, -0.2) is 15.7 Å². The highest BCUT2D eigenvalue weighted by Crippen LogP contribution is 2.17. The van der Waals surface area contributed by atoms with E-state index in [1.54, 1.807) is 12.1 Å². The van der Waals surface area contributed by atoms with E-state index in [-0.39, 0.29) is 17.5 Å². The number of primary amides is 1. The Morgan fingerprint density at radius 2 is 1.95 bits per heavy atom. The van der Waals surface area contributed by atoms with E-state index in [1.807, 2.05) is 0 Å². The molecule has 0 aliphatic carbocycles. The Bertz CT molecular complexity index is 944. The number of nitrogens with two attached hydrogens (primary N) is 1. The van der Waals surface area contributed by atoms with Crippen LogP contribution < -0.4 is 11.3 Å². The number of H-pyrrole nitrogens is 1. The zero-order chi connectivity index (χ0) is 15.9. The lowest BCUT2D eigenvalue weighted by Crippen LogP contribution is -2.14. The van der Waals surface area contributed by atoms with Gasteiger partial charge in [0.2, 0.25) is 5.91 Å². The van der Waals surface area contributed by atoms with Crippen LogP contribution in [0, 0.1) is 11.6 Å². The van der Waals surface area contributed by atoms with Crippen molar-refractivity contribution in [1.82, 2.24) is 9.78 Å². The van der Waals surface area contributed by atoms with E-state index >= 15 is 0 Å². The van der Waals surface area contributed by atoms with Gasteiger partial charge in [0.15, 0.2) is 11.6 Å². The minimum atomic E-state index is -0.964. The van der Waals surface area contributed by atoms with Crippen molar-refractivity contribution < 1.29 is 13.6 Å². The van der Waals surface area contributed by atoms with Crippen molar-refractivity contribution in [2.24, 2.45) is 5.73 Å². The Balaban J connectivity index is 2.12. The smallest absolute Gasteiger partial charge is 0.272 e. The lowest BCUT2D eigenvalue weighted by molar-refractivity contribution is 0.100. The fourth-order valence-electron chi connectivity index (χ4n) is 2.39. The lowest BCUT2D eigenvalue weighted by atomic mass is 10.1. The fraction of sp³-hybridized carbons (Fsp3) is 0.0667.